The second kappa shape index (κ2) is 6.16. The molecule has 0 radical (unpaired) electrons. The van der Waals surface area contributed by atoms with E-state index < -0.39 is 12.0 Å². The molecule has 0 aliphatic rings. The molecule has 0 saturated heterocycles. The van der Waals surface area contributed by atoms with Crippen molar-refractivity contribution in [2.24, 2.45) is 11.8 Å². The van der Waals surface area contributed by atoms with Crippen LogP contribution in [0.4, 0.5) is 0 Å². The summed E-state index contributed by atoms with van der Waals surface area (Å²) in [6.07, 6.45) is 0.800. The summed E-state index contributed by atoms with van der Waals surface area (Å²) in [5, 5.41) is 4.18. The summed E-state index contributed by atoms with van der Waals surface area (Å²) in [6.45, 7) is 3.71. The normalized spacial score (nSPS) is 12.2. The number of ether oxygens (including phenoxy) is 1. The van der Waals surface area contributed by atoms with E-state index in [-0.39, 0.29) is 11.9 Å². The van der Waals surface area contributed by atoms with Gasteiger partial charge in [-0.05, 0) is 18.1 Å². The van der Waals surface area contributed by atoms with E-state index in [0.717, 1.165) is 5.69 Å². The van der Waals surface area contributed by atoms with Crippen molar-refractivity contribution in [3.05, 3.63) is 36.7 Å². The molecule has 1 unspecified atom stereocenters. The van der Waals surface area contributed by atoms with Crippen molar-refractivity contribution in [3.8, 4) is 11.7 Å². The van der Waals surface area contributed by atoms with E-state index in [2.05, 4.69) is 15.5 Å². The van der Waals surface area contributed by atoms with Crippen molar-refractivity contribution in [1.82, 2.24) is 20.2 Å². The van der Waals surface area contributed by atoms with Gasteiger partial charge in [0.25, 0.3) is 5.91 Å². The van der Waals surface area contributed by atoms with E-state index in [9.17, 15) is 4.79 Å². The fourth-order valence-corrected chi connectivity index (χ4v) is 1.70. The van der Waals surface area contributed by atoms with Gasteiger partial charge in [-0.15, -0.1) is 5.10 Å². The molecule has 2 rings (SSSR count). The Balaban J connectivity index is 2.15. The van der Waals surface area contributed by atoms with Crippen LogP contribution in [-0.2, 0) is 4.79 Å². The lowest BCUT2D eigenvalue weighted by molar-refractivity contribution is -0.130. The van der Waals surface area contributed by atoms with Gasteiger partial charge < -0.3 is 4.74 Å². The van der Waals surface area contributed by atoms with Gasteiger partial charge in [0.1, 0.15) is 6.33 Å². The van der Waals surface area contributed by atoms with Gasteiger partial charge >= 0.3 is 6.01 Å². The van der Waals surface area contributed by atoms with Crippen molar-refractivity contribution >= 4 is 5.91 Å². The van der Waals surface area contributed by atoms with Gasteiger partial charge in [-0.2, -0.15) is 4.98 Å². The van der Waals surface area contributed by atoms with Crippen LogP contribution in [0.1, 0.15) is 13.8 Å². The molecule has 7 heteroatoms. The van der Waals surface area contributed by atoms with Crippen molar-refractivity contribution in [2.45, 2.75) is 20.0 Å². The number of rotatable bonds is 5. The lowest BCUT2D eigenvalue weighted by Gasteiger charge is -2.18. The van der Waals surface area contributed by atoms with E-state index in [1.165, 1.54) is 6.33 Å². The average Bonchev–Trinajstić information content (AvgIpc) is 2.93. The van der Waals surface area contributed by atoms with Crippen LogP contribution in [-0.4, -0.2) is 26.8 Å². The Morgan fingerprint density at radius 3 is 2.65 bits per heavy atom. The van der Waals surface area contributed by atoms with E-state index in [1.807, 2.05) is 44.2 Å². The maximum Gasteiger partial charge on any atom is 0.336 e. The van der Waals surface area contributed by atoms with Crippen LogP contribution in [0.15, 0.2) is 36.7 Å². The number of nitrogens with one attached hydrogen (secondary N) is 1. The number of para-hydroxylation sites is 1. The number of hydrogen-bond donors (Lipinski definition) is 2. The van der Waals surface area contributed by atoms with Crippen molar-refractivity contribution < 1.29 is 9.53 Å². The summed E-state index contributed by atoms with van der Waals surface area (Å²) in [5.41, 5.74) is 2.94. The Kier molecular flexibility index (Phi) is 4.31. The molecule has 0 aliphatic heterocycles. The molecule has 1 heterocycles. The van der Waals surface area contributed by atoms with Gasteiger partial charge in [-0.1, -0.05) is 32.0 Å². The van der Waals surface area contributed by atoms with Gasteiger partial charge in [0, 0.05) is 0 Å². The minimum Gasteiger partial charge on any atom is -0.449 e. The monoisotopic (exact) mass is 275 g/mol. The molecule has 20 heavy (non-hydrogen) atoms. The summed E-state index contributed by atoms with van der Waals surface area (Å²) in [7, 11) is 0. The van der Waals surface area contributed by atoms with Crippen LogP contribution >= 0.6 is 0 Å². The second-order valence-corrected chi connectivity index (χ2v) is 4.60. The van der Waals surface area contributed by atoms with Crippen LogP contribution in [0.3, 0.4) is 0 Å². The number of carbonyl (C=O) groups excluding carboxylic acids is 1. The largest absolute Gasteiger partial charge is 0.449 e. The maximum atomic E-state index is 11.6. The highest BCUT2D eigenvalue weighted by molar-refractivity contribution is 5.80. The highest BCUT2D eigenvalue weighted by Gasteiger charge is 2.25. The summed E-state index contributed by atoms with van der Waals surface area (Å²) in [4.78, 5) is 15.7. The minimum atomic E-state index is -0.730. The molecular formula is C13H17N5O2. The second-order valence-electron chi connectivity index (χ2n) is 4.60. The molecule has 0 spiro atoms. The third-order valence-corrected chi connectivity index (χ3v) is 2.73. The predicted octanol–water partition coefficient (Wildman–Crippen LogP) is 0.661. The highest BCUT2D eigenvalue weighted by Crippen LogP contribution is 2.13. The first-order valence-electron chi connectivity index (χ1n) is 6.26. The first kappa shape index (κ1) is 14.0. The first-order chi connectivity index (χ1) is 9.61. The van der Waals surface area contributed by atoms with Crippen molar-refractivity contribution in [2.75, 3.05) is 0 Å². The number of amides is 1. The zero-order chi connectivity index (χ0) is 14.5. The number of hydrazine groups is 1. The summed E-state index contributed by atoms with van der Waals surface area (Å²) in [6, 6.07) is 9.64. The molecule has 0 bridgehead atoms. The number of nitrogens with two attached hydrogens (primary N) is 1. The van der Waals surface area contributed by atoms with Gasteiger partial charge in [0.2, 0.25) is 0 Å². The molecule has 1 aromatic carbocycles. The van der Waals surface area contributed by atoms with E-state index in [4.69, 9.17) is 10.6 Å². The number of nitrogens with zero attached hydrogens (tertiary/aromatic N) is 3. The van der Waals surface area contributed by atoms with E-state index in [1.54, 1.807) is 4.68 Å². The molecule has 2 aromatic rings. The van der Waals surface area contributed by atoms with Crippen molar-refractivity contribution in [3.63, 3.8) is 0 Å². The molecular weight excluding hydrogens is 258 g/mol. The zero-order valence-corrected chi connectivity index (χ0v) is 11.4. The predicted molar refractivity (Wildman–Crippen MR) is 72.9 cm³/mol. The summed E-state index contributed by atoms with van der Waals surface area (Å²) in [5.74, 6) is 4.68. The Labute approximate surface area is 116 Å². The number of hydrogen-bond acceptors (Lipinski definition) is 5. The highest BCUT2D eigenvalue weighted by atomic mass is 16.5. The minimum absolute atomic E-state index is 0.0535. The third kappa shape index (κ3) is 3.12. The molecule has 7 nitrogen and oxygen atoms in total. The standard InChI is InChI=1S/C13H17N5O2/c1-9(2)11(12(19)16-14)20-13-15-8-18(17-13)10-6-4-3-5-7-10/h3-9,11H,14H2,1-2H3,(H,16,19). The summed E-state index contributed by atoms with van der Waals surface area (Å²) >= 11 is 0. The Hall–Kier alpha value is -2.41. The average molecular weight is 275 g/mol. The lowest BCUT2D eigenvalue weighted by Crippen LogP contribution is -2.45. The number of carbonyl (C=O) groups is 1. The topological polar surface area (TPSA) is 95.1 Å². The fraction of sp³-hybridized carbons (Fsp3) is 0.308. The molecule has 3 N–H and O–H groups in total. The quantitative estimate of drug-likeness (QED) is 0.475. The van der Waals surface area contributed by atoms with E-state index in [0.29, 0.717) is 0 Å². The Morgan fingerprint density at radius 2 is 2.05 bits per heavy atom. The number of benzene rings is 1. The molecule has 0 saturated carbocycles. The molecule has 106 valence electrons. The Bertz CT molecular complexity index is 567. The molecule has 1 atom stereocenters. The summed E-state index contributed by atoms with van der Waals surface area (Å²) < 4.78 is 7.07. The van der Waals surface area contributed by atoms with Gasteiger partial charge in [-0.25, -0.2) is 10.5 Å². The Morgan fingerprint density at radius 1 is 1.35 bits per heavy atom. The van der Waals surface area contributed by atoms with Crippen LogP contribution in [0, 0.1) is 5.92 Å². The van der Waals surface area contributed by atoms with Crippen LogP contribution in [0.2, 0.25) is 0 Å². The SMILES string of the molecule is CC(C)C(Oc1ncn(-c2ccccc2)n1)C(=O)NN. The van der Waals surface area contributed by atoms with Crippen LogP contribution < -0.4 is 16.0 Å². The van der Waals surface area contributed by atoms with Crippen LogP contribution in [0.25, 0.3) is 5.69 Å². The van der Waals surface area contributed by atoms with Crippen molar-refractivity contribution in [1.29, 1.82) is 0 Å². The zero-order valence-electron chi connectivity index (χ0n) is 11.4. The fourth-order valence-electron chi connectivity index (χ4n) is 1.70. The van der Waals surface area contributed by atoms with E-state index >= 15 is 0 Å². The third-order valence-electron chi connectivity index (χ3n) is 2.73. The maximum absolute atomic E-state index is 11.6. The first-order valence-corrected chi connectivity index (χ1v) is 6.26. The molecule has 1 amide bonds. The smallest absolute Gasteiger partial charge is 0.336 e. The molecule has 0 fully saturated rings. The van der Waals surface area contributed by atoms with Gasteiger partial charge in [0.05, 0.1) is 5.69 Å². The lowest BCUT2D eigenvalue weighted by atomic mass is 10.1. The molecule has 0 aliphatic carbocycles. The van der Waals surface area contributed by atoms with Crippen LogP contribution in [0.5, 0.6) is 6.01 Å². The van der Waals surface area contributed by atoms with Gasteiger partial charge in [-0.3, -0.25) is 10.2 Å². The van der Waals surface area contributed by atoms with Gasteiger partial charge in [0.15, 0.2) is 6.10 Å². The number of aromatic nitrogens is 3. The molecule has 1 aromatic heterocycles.